The first-order valence-corrected chi connectivity index (χ1v) is 5.72. The lowest BCUT2D eigenvalue weighted by atomic mass is 10.1. The number of methoxy groups -OCH3 is 2. The van der Waals surface area contributed by atoms with Crippen molar-refractivity contribution in [2.75, 3.05) is 20.8 Å². The molecule has 0 aliphatic heterocycles. The summed E-state index contributed by atoms with van der Waals surface area (Å²) in [4.78, 5) is 11.6. The summed E-state index contributed by atoms with van der Waals surface area (Å²) in [6, 6.07) is 5.30. The molecule has 1 aromatic carbocycles. The molecule has 1 rings (SSSR count). The van der Waals surface area contributed by atoms with Gasteiger partial charge in [-0.2, -0.15) is 0 Å². The molecule has 18 heavy (non-hydrogen) atoms. The Bertz CT molecular complexity index is 404. The van der Waals surface area contributed by atoms with Crippen LogP contribution >= 0.6 is 0 Å². The molecular weight excluding hydrogens is 234 g/mol. The summed E-state index contributed by atoms with van der Waals surface area (Å²) in [5.41, 5.74) is 0.779. The fourth-order valence-electron chi connectivity index (χ4n) is 1.49. The Hall–Kier alpha value is -1.75. The third-order valence-corrected chi connectivity index (χ3v) is 2.44. The molecule has 1 unspecified atom stereocenters. The number of hydrogen-bond acceptors (Lipinski definition) is 4. The highest BCUT2D eigenvalue weighted by Gasteiger charge is 2.10. The van der Waals surface area contributed by atoms with Crippen molar-refractivity contribution in [3.05, 3.63) is 23.8 Å². The van der Waals surface area contributed by atoms with E-state index >= 15 is 0 Å². The topological polar surface area (TPSA) is 67.8 Å². The van der Waals surface area contributed by atoms with E-state index in [1.807, 2.05) is 0 Å². The average molecular weight is 253 g/mol. The van der Waals surface area contributed by atoms with Crippen LogP contribution in [-0.4, -0.2) is 37.9 Å². The van der Waals surface area contributed by atoms with Crippen molar-refractivity contribution >= 4 is 5.91 Å². The van der Waals surface area contributed by atoms with Gasteiger partial charge >= 0.3 is 0 Å². The number of benzene rings is 1. The van der Waals surface area contributed by atoms with E-state index in [9.17, 15) is 4.79 Å². The molecule has 0 aliphatic rings. The number of ether oxygens (including phenoxy) is 2. The minimum Gasteiger partial charge on any atom is -0.497 e. The summed E-state index contributed by atoms with van der Waals surface area (Å²) in [7, 11) is 3.12. The van der Waals surface area contributed by atoms with E-state index in [-0.39, 0.29) is 18.9 Å². The van der Waals surface area contributed by atoms with Gasteiger partial charge < -0.3 is 19.9 Å². The van der Waals surface area contributed by atoms with Gasteiger partial charge in [0, 0.05) is 18.2 Å². The Kier molecular flexibility index (Phi) is 5.45. The third kappa shape index (κ3) is 4.25. The molecule has 0 radical (unpaired) electrons. The standard InChI is InChI=1S/C13H19NO4/c1-9(15)8-14-13(16)6-10-4-5-11(17-2)7-12(10)18-3/h4-5,7,9,15H,6,8H2,1-3H3,(H,14,16). The van der Waals surface area contributed by atoms with Gasteiger partial charge in [0.1, 0.15) is 11.5 Å². The number of carbonyl (C=O) groups excluding carboxylic acids is 1. The lowest BCUT2D eigenvalue weighted by molar-refractivity contribution is -0.120. The summed E-state index contributed by atoms with van der Waals surface area (Å²) in [6.45, 7) is 1.87. The van der Waals surface area contributed by atoms with Crippen LogP contribution in [0.25, 0.3) is 0 Å². The van der Waals surface area contributed by atoms with Crippen molar-refractivity contribution in [3.8, 4) is 11.5 Å². The van der Waals surface area contributed by atoms with Crippen LogP contribution in [0.5, 0.6) is 11.5 Å². The van der Waals surface area contributed by atoms with Crippen molar-refractivity contribution in [3.63, 3.8) is 0 Å². The van der Waals surface area contributed by atoms with Gasteiger partial charge in [0.15, 0.2) is 0 Å². The lowest BCUT2D eigenvalue weighted by Crippen LogP contribution is -2.31. The van der Waals surface area contributed by atoms with Crippen LogP contribution in [0.15, 0.2) is 18.2 Å². The zero-order valence-electron chi connectivity index (χ0n) is 10.9. The van der Waals surface area contributed by atoms with Crippen LogP contribution in [0.4, 0.5) is 0 Å². The molecule has 0 aromatic heterocycles. The molecule has 1 aromatic rings. The second kappa shape index (κ2) is 6.86. The maximum absolute atomic E-state index is 11.6. The molecule has 1 amide bonds. The predicted octanol–water partition coefficient (Wildman–Crippen LogP) is 0.743. The number of amides is 1. The van der Waals surface area contributed by atoms with Gasteiger partial charge in [0.05, 0.1) is 26.7 Å². The molecule has 0 fully saturated rings. The van der Waals surface area contributed by atoms with Crippen LogP contribution in [-0.2, 0) is 11.2 Å². The van der Waals surface area contributed by atoms with Gasteiger partial charge in [-0.25, -0.2) is 0 Å². The first-order valence-electron chi connectivity index (χ1n) is 5.72. The monoisotopic (exact) mass is 253 g/mol. The SMILES string of the molecule is COc1ccc(CC(=O)NCC(C)O)c(OC)c1. The van der Waals surface area contributed by atoms with E-state index in [4.69, 9.17) is 14.6 Å². The van der Waals surface area contributed by atoms with E-state index in [0.29, 0.717) is 11.5 Å². The minimum absolute atomic E-state index is 0.153. The molecule has 0 spiro atoms. The molecule has 100 valence electrons. The number of carbonyl (C=O) groups is 1. The molecule has 0 saturated heterocycles. The zero-order chi connectivity index (χ0) is 13.5. The van der Waals surface area contributed by atoms with E-state index in [2.05, 4.69) is 5.32 Å². The number of hydrogen-bond donors (Lipinski definition) is 2. The molecule has 0 saturated carbocycles. The Morgan fingerprint density at radius 2 is 2.11 bits per heavy atom. The van der Waals surface area contributed by atoms with Crippen molar-refractivity contribution in [1.29, 1.82) is 0 Å². The van der Waals surface area contributed by atoms with Gasteiger partial charge in [0.2, 0.25) is 5.91 Å². The Labute approximate surface area is 107 Å². The molecule has 0 heterocycles. The summed E-state index contributed by atoms with van der Waals surface area (Å²) < 4.78 is 10.3. The number of nitrogens with one attached hydrogen (secondary N) is 1. The van der Waals surface area contributed by atoms with Crippen LogP contribution in [0.1, 0.15) is 12.5 Å². The minimum atomic E-state index is -0.549. The van der Waals surface area contributed by atoms with Crippen molar-refractivity contribution in [1.82, 2.24) is 5.32 Å². The van der Waals surface area contributed by atoms with Crippen molar-refractivity contribution in [2.24, 2.45) is 0 Å². The molecule has 2 N–H and O–H groups in total. The quantitative estimate of drug-likeness (QED) is 0.785. The normalized spacial score (nSPS) is 11.8. The second-order valence-corrected chi connectivity index (χ2v) is 4.01. The van der Waals surface area contributed by atoms with Gasteiger partial charge in [-0.15, -0.1) is 0 Å². The smallest absolute Gasteiger partial charge is 0.224 e. The highest BCUT2D eigenvalue weighted by molar-refractivity contribution is 5.79. The molecule has 5 heteroatoms. The van der Waals surface area contributed by atoms with E-state index in [1.165, 1.54) is 0 Å². The Morgan fingerprint density at radius 1 is 1.39 bits per heavy atom. The summed E-state index contributed by atoms with van der Waals surface area (Å²) in [5, 5.41) is 11.7. The van der Waals surface area contributed by atoms with Gasteiger partial charge in [0.25, 0.3) is 0 Å². The van der Waals surface area contributed by atoms with E-state index in [0.717, 1.165) is 5.56 Å². The molecular formula is C13H19NO4. The zero-order valence-corrected chi connectivity index (χ0v) is 10.9. The molecule has 0 aliphatic carbocycles. The molecule has 1 atom stereocenters. The number of aliphatic hydroxyl groups is 1. The third-order valence-electron chi connectivity index (χ3n) is 2.44. The Morgan fingerprint density at radius 3 is 2.67 bits per heavy atom. The van der Waals surface area contributed by atoms with Crippen LogP contribution in [0.2, 0.25) is 0 Å². The van der Waals surface area contributed by atoms with Crippen molar-refractivity contribution < 1.29 is 19.4 Å². The van der Waals surface area contributed by atoms with Crippen LogP contribution in [0.3, 0.4) is 0 Å². The van der Waals surface area contributed by atoms with Crippen molar-refractivity contribution in [2.45, 2.75) is 19.4 Å². The second-order valence-electron chi connectivity index (χ2n) is 4.01. The fraction of sp³-hybridized carbons (Fsp3) is 0.462. The summed E-state index contributed by atoms with van der Waals surface area (Å²) in [6.07, 6.45) is -0.341. The maximum atomic E-state index is 11.6. The fourth-order valence-corrected chi connectivity index (χ4v) is 1.49. The van der Waals surface area contributed by atoms with Crippen LogP contribution < -0.4 is 14.8 Å². The summed E-state index contributed by atoms with van der Waals surface area (Å²) >= 11 is 0. The first kappa shape index (κ1) is 14.3. The lowest BCUT2D eigenvalue weighted by Gasteiger charge is -2.11. The largest absolute Gasteiger partial charge is 0.497 e. The molecule has 0 bridgehead atoms. The molecule has 5 nitrogen and oxygen atoms in total. The highest BCUT2D eigenvalue weighted by atomic mass is 16.5. The van der Waals surface area contributed by atoms with Crippen LogP contribution in [0, 0.1) is 0 Å². The predicted molar refractivity (Wildman–Crippen MR) is 67.9 cm³/mol. The Balaban J connectivity index is 2.68. The average Bonchev–Trinajstić information content (AvgIpc) is 2.36. The highest BCUT2D eigenvalue weighted by Crippen LogP contribution is 2.24. The van der Waals surface area contributed by atoms with Gasteiger partial charge in [-0.05, 0) is 13.0 Å². The number of aliphatic hydroxyl groups excluding tert-OH is 1. The maximum Gasteiger partial charge on any atom is 0.224 e. The first-order chi connectivity index (χ1) is 8.56. The van der Waals surface area contributed by atoms with Gasteiger partial charge in [-0.3, -0.25) is 4.79 Å². The van der Waals surface area contributed by atoms with E-state index in [1.54, 1.807) is 39.3 Å². The van der Waals surface area contributed by atoms with E-state index < -0.39 is 6.10 Å². The van der Waals surface area contributed by atoms with Gasteiger partial charge in [-0.1, -0.05) is 6.07 Å². The number of rotatable bonds is 6. The summed E-state index contributed by atoms with van der Waals surface area (Å²) in [5.74, 6) is 1.14.